The summed E-state index contributed by atoms with van der Waals surface area (Å²) in [5.41, 5.74) is 1.65. The first kappa shape index (κ1) is 9.45. The SMILES string of the molecule is COc1ccc2n[nH]c(/C=C/C=O)c2c1. The molecule has 4 heteroatoms. The van der Waals surface area contributed by atoms with Crippen LogP contribution >= 0.6 is 0 Å². The van der Waals surface area contributed by atoms with Crippen molar-refractivity contribution in [2.24, 2.45) is 0 Å². The maximum atomic E-state index is 10.2. The van der Waals surface area contributed by atoms with Crippen LogP contribution in [0.2, 0.25) is 0 Å². The van der Waals surface area contributed by atoms with E-state index in [1.54, 1.807) is 13.2 Å². The molecule has 0 amide bonds. The quantitative estimate of drug-likeness (QED) is 0.609. The second kappa shape index (κ2) is 3.96. The second-order valence-electron chi connectivity index (χ2n) is 3.02. The molecule has 2 rings (SSSR count). The summed E-state index contributed by atoms with van der Waals surface area (Å²) < 4.78 is 5.12. The Balaban J connectivity index is 2.55. The molecule has 0 aliphatic rings. The summed E-state index contributed by atoms with van der Waals surface area (Å²) in [7, 11) is 1.61. The molecule has 0 radical (unpaired) electrons. The number of aldehydes is 1. The fourth-order valence-electron chi connectivity index (χ4n) is 1.40. The highest BCUT2D eigenvalue weighted by molar-refractivity contribution is 5.89. The highest BCUT2D eigenvalue weighted by atomic mass is 16.5. The summed E-state index contributed by atoms with van der Waals surface area (Å²) in [5, 5.41) is 7.89. The highest BCUT2D eigenvalue weighted by Crippen LogP contribution is 2.22. The largest absolute Gasteiger partial charge is 0.497 e. The molecule has 0 spiro atoms. The molecule has 0 aliphatic carbocycles. The summed E-state index contributed by atoms with van der Waals surface area (Å²) in [6, 6.07) is 5.59. The van der Waals surface area contributed by atoms with Crippen molar-refractivity contribution in [1.82, 2.24) is 10.2 Å². The van der Waals surface area contributed by atoms with Crippen molar-refractivity contribution in [2.45, 2.75) is 0 Å². The minimum absolute atomic E-state index is 0.729. The topological polar surface area (TPSA) is 55.0 Å². The molecule has 1 heterocycles. The van der Waals surface area contributed by atoms with Crippen molar-refractivity contribution < 1.29 is 9.53 Å². The predicted octanol–water partition coefficient (Wildman–Crippen LogP) is 1.78. The molecule has 0 aliphatic heterocycles. The van der Waals surface area contributed by atoms with E-state index in [4.69, 9.17) is 4.74 Å². The van der Waals surface area contributed by atoms with E-state index in [-0.39, 0.29) is 0 Å². The van der Waals surface area contributed by atoms with E-state index in [2.05, 4.69) is 10.2 Å². The van der Waals surface area contributed by atoms with E-state index < -0.39 is 0 Å². The normalized spacial score (nSPS) is 11.0. The molecule has 4 nitrogen and oxygen atoms in total. The molecule has 0 fully saturated rings. The van der Waals surface area contributed by atoms with Gasteiger partial charge in [-0.1, -0.05) is 0 Å². The fraction of sp³-hybridized carbons (Fsp3) is 0.0909. The molecular weight excluding hydrogens is 192 g/mol. The Kier molecular flexibility index (Phi) is 2.49. The molecular formula is C11H10N2O2. The van der Waals surface area contributed by atoms with Crippen LogP contribution in [0.5, 0.6) is 5.75 Å². The van der Waals surface area contributed by atoms with Crippen LogP contribution in [0.1, 0.15) is 5.69 Å². The molecule has 1 aromatic carbocycles. The van der Waals surface area contributed by atoms with E-state index in [9.17, 15) is 4.79 Å². The first-order valence-electron chi connectivity index (χ1n) is 4.49. The van der Waals surface area contributed by atoms with Gasteiger partial charge < -0.3 is 4.74 Å². The number of nitrogens with zero attached hydrogens (tertiary/aromatic N) is 1. The maximum Gasteiger partial charge on any atom is 0.142 e. The zero-order valence-corrected chi connectivity index (χ0v) is 8.23. The summed E-state index contributed by atoms with van der Waals surface area (Å²) in [5.74, 6) is 0.768. The predicted molar refractivity (Wildman–Crippen MR) is 57.7 cm³/mol. The van der Waals surface area contributed by atoms with Crippen molar-refractivity contribution in [3.8, 4) is 5.75 Å². The lowest BCUT2D eigenvalue weighted by atomic mass is 10.2. The van der Waals surface area contributed by atoms with E-state index in [0.717, 1.165) is 28.6 Å². The summed E-state index contributed by atoms with van der Waals surface area (Å²) >= 11 is 0. The summed E-state index contributed by atoms with van der Waals surface area (Å²) in [4.78, 5) is 10.2. The number of hydrogen-bond donors (Lipinski definition) is 1. The van der Waals surface area contributed by atoms with Gasteiger partial charge in [-0.2, -0.15) is 5.10 Å². The van der Waals surface area contributed by atoms with Gasteiger partial charge in [0.2, 0.25) is 0 Å². The number of carbonyl (C=O) groups is 1. The zero-order valence-electron chi connectivity index (χ0n) is 8.23. The Labute approximate surface area is 86.6 Å². The molecule has 15 heavy (non-hydrogen) atoms. The number of allylic oxidation sites excluding steroid dienone is 1. The maximum absolute atomic E-state index is 10.2. The van der Waals surface area contributed by atoms with Gasteiger partial charge in [0.25, 0.3) is 0 Å². The zero-order chi connectivity index (χ0) is 10.7. The average molecular weight is 202 g/mol. The van der Waals surface area contributed by atoms with Crippen molar-refractivity contribution in [1.29, 1.82) is 0 Å². The third-order valence-electron chi connectivity index (χ3n) is 2.13. The van der Waals surface area contributed by atoms with Crippen molar-refractivity contribution in [3.05, 3.63) is 30.0 Å². The van der Waals surface area contributed by atoms with E-state index in [1.807, 2.05) is 18.2 Å². The second-order valence-corrected chi connectivity index (χ2v) is 3.02. The number of H-pyrrole nitrogens is 1. The Morgan fingerprint density at radius 1 is 1.47 bits per heavy atom. The van der Waals surface area contributed by atoms with Gasteiger partial charge in [-0.3, -0.25) is 9.89 Å². The molecule has 1 aromatic heterocycles. The minimum atomic E-state index is 0.729. The van der Waals surface area contributed by atoms with Gasteiger partial charge in [-0.25, -0.2) is 0 Å². The van der Waals surface area contributed by atoms with Crippen molar-refractivity contribution >= 4 is 23.3 Å². The molecule has 2 aromatic rings. The summed E-state index contributed by atoms with van der Waals surface area (Å²) in [6.07, 6.45) is 3.83. The molecule has 76 valence electrons. The fourth-order valence-corrected chi connectivity index (χ4v) is 1.40. The van der Waals surface area contributed by atoms with Gasteiger partial charge in [-0.05, 0) is 30.4 Å². The molecule has 0 bridgehead atoms. The lowest BCUT2D eigenvalue weighted by Crippen LogP contribution is -1.81. The Morgan fingerprint density at radius 3 is 3.07 bits per heavy atom. The standard InChI is InChI=1S/C11H10N2O2/c1-15-8-4-5-11-9(7-8)10(12-13-11)3-2-6-14/h2-7H,1H3,(H,12,13)/b3-2+. The van der Waals surface area contributed by atoms with Crippen LogP contribution in [0.4, 0.5) is 0 Å². The molecule has 0 atom stereocenters. The lowest BCUT2D eigenvalue weighted by molar-refractivity contribution is -0.104. The van der Waals surface area contributed by atoms with Gasteiger partial charge in [0.1, 0.15) is 12.0 Å². The average Bonchev–Trinajstić information content (AvgIpc) is 2.68. The Morgan fingerprint density at radius 2 is 2.33 bits per heavy atom. The number of ether oxygens (including phenoxy) is 1. The van der Waals surface area contributed by atoms with Crippen molar-refractivity contribution in [2.75, 3.05) is 7.11 Å². The first-order chi connectivity index (χ1) is 7.35. The number of benzene rings is 1. The number of methoxy groups -OCH3 is 1. The van der Waals surface area contributed by atoms with Gasteiger partial charge >= 0.3 is 0 Å². The lowest BCUT2D eigenvalue weighted by Gasteiger charge is -1.98. The smallest absolute Gasteiger partial charge is 0.142 e. The van der Waals surface area contributed by atoms with Gasteiger partial charge in [0.15, 0.2) is 0 Å². The highest BCUT2D eigenvalue weighted by Gasteiger charge is 2.03. The number of fused-ring (bicyclic) bond motifs is 1. The monoisotopic (exact) mass is 202 g/mol. The molecule has 0 saturated heterocycles. The number of aromatic amines is 1. The molecule has 0 unspecified atom stereocenters. The minimum Gasteiger partial charge on any atom is -0.497 e. The van der Waals surface area contributed by atoms with Crippen LogP contribution in [0.3, 0.4) is 0 Å². The first-order valence-corrected chi connectivity index (χ1v) is 4.49. The van der Waals surface area contributed by atoms with Crippen molar-refractivity contribution in [3.63, 3.8) is 0 Å². The molecule has 1 N–H and O–H groups in total. The number of hydrogen-bond acceptors (Lipinski definition) is 3. The van der Waals surface area contributed by atoms with Crippen LogP contribution in [-0.2, 0) is 4.79 Å². The van der Waals surface area contributed by atoms with Gasteiger partial charge in [0, 0.05) is 5.39 Å². The van der Waals surface area contributed by atoms with E-state index >= 15 is 0 Å². The number of carbonyl (C=O) groups excluding carboxylic acids is 1. The molecule has 0 saturated carbocycles. The summed E-state index contributed by atoms with van der Waals surface area (Å²) in [6.45, 7) is 0. The Hall–Kier alpha value is -2.10. The number of rotatable bonds is 3. The van der Waals surface area contributed by atoms with Crippen LogP contribution in [0.15, 0.2) is 24.3 Å². The van der Waals surface area contributed by atoms with E-state index in [0.29, 0.717) is 0 Å². The van der Waals surface area contributed by atoms with Crippen LogP contribution in [0, 0.1) is 0 Å². The van der Waals surface area contributed by atoms with Crippen LogP contribution < -0.4 is 4.74 Å². The Bertz CT molecular complexity index is 514. The number of nitrogens with one attached hydrogen (secondary N) is 1. The number of aromatic nitrogens is 2. The van der Waals surface area contributed by atoms with E-state index in [1.165, 1.54) is 6.08 Å². The third kappa shape index (κ3) is 1.74. The van der Waals surface area contributed by atoms with Crippen LogP contribution in [0.25, 0.3) is 17.0 Å². The third-order valence-corrected chi connectivity index (χ3v) is 2.13. The van der Waals surface area contributed by atoms with Gasteiger partial charge in [-0.15, -0.1) is 0 Å². The van der Waals surface area contributed by atoms with Crippen LogP contribution in [-0.4, -0.2) is 23.6 Å². The van der Waals surface area contributed by atoms with Gasteiger partial charge in [0.05, 0.1) is 18.3 Å².